The van der Waals surface area contributed by atoms with Crippen LogP contribution < -0.4 is 5.72 Å². The van der Waals surface area contributed by atoms with Crippen molar-refractivity contribution in [2.45, 2.75) is 26.4 Å². The van der Waals surface area contributed by atoms with Crippen LogP contribution in [0.5, 0.6) is 0 Å². The summed E-state index contributed by atoms with van der Waals surface area (Å²) in [6.45, 7) is -6.87. The van der Waals surface area contributed by atoms with Crippen LogP contribution in [0, 0.1) is 0 Å². The molecule has 0 fully saturated rings. The Kier molecular flexibility index (Phi) is 0.405. The number of anilines is 1. The number of hydrogen-bond acceptors (Lipinski definition) is 1. The first-order valence-electron chi connectivity index (χ1n) is 10.1. The molecule has 0 unspecified atom stereocenters. The van der Waals surface area contributed by atoms with Crippen molar-refractivity contribution in [2.75, 3.05) is 5.72 Å². The standard InChI is InChI=1S/C10H15N/c1-3-8-6-5-7-9(4-2)10(8)11/h5-7H,3-4,11H2,1-2H3/i1D3,2D3,3D2,4D2,5D,6D,7D/hD2. The van der Waals surface area contributed by atoms with Gasteiger partial charge in [-0.1, -0.05) is 31.8 Å². The molecule has 1 heteroatoms. The zero-order valence-corrected chi connectivity index (χ0v) is 5.45. The smallest absolute Gasteiger partial charge is 0.156 e. The van der Waals surface area contributed by atoms with E-state index in [-0.39, 0.29) is 0 Å². The Morgan fingerprint density at radius 2 is 2.18 bits per heavy atom. The van der Waals surface area contributed by atoms with E-state index in [1.165, 1.54) is 0 Å². The number of nitrogens with two attached hydrogens (primary N) is 1. The van der Waals surface area contributed by atoms with Crippen LogP contribution in [0.4, 0.5) is 5.69 Å². The van der Waals surface area contributed by atoms with Crippen molar-refractivity contribution < 1.29 is 20.6 Å². The van der Waals surface area contributed by atoms with Gasteiger partial charge in [-0.2, -0.15) is 0 Å². The lowest BCUT2D eigenvalue weighted by molar-refractivity contribution is 1.09. The summed E-state index contributed by atoms with van der Waals surface area (Å²) in [5.41, 5.74) is -4.07. The number of benzene rings is 1. The Bertz CT molecular complexity index is 645. The summed E-state index contributed by atoms with van der Waals surface area (Å²) in [5.74, 6) is 0. The minimum absolute atomic E-state index is 0.437. The summed E-state index contributed by atoms with van der Waals surface area (Å²) in [4.78, 5) is 0. The summed E-state index contributed by atoms with van der Waals surface area (Å²) >= 11 is 0. The van der Waals surface area contributed by atoms with Crippen molar-refractivity contribution in [3.8, 4) is 0 Å². The molecule has 0 heterocycles. The fraction of sp³-hybridized carbons (Fsp3) is 0.400. The maximum Gasteiger partial charge on any atom is 0.156 e. The van der Waals surface area contributed by atoms with Crippen LogP contribution in [-0.2, 0) is 12.7 Å². The van der Waals surface area contributed by atoms with Crippen molar-refractivity contribution in [1.29, 1.82) is 0 Å². The molecule has 0 aliphatic heterocycles. The fourth-order valence-corrected chi connectivity index (χ4v) is 0.581. The molecule has 1 nitrogen and oxygen atoms in total. The molecule has 0 saturated heterocycles. The molecule has 0 radical (unpaired) electrons. The zero-order chi connectivity index (χ0) is 21.0. The fourth-order valence-electron chi connectivity index (χ4n) is 0.581. The minimum atomic E-state index is -3.44. The number of para-hydroxylation sites is 1. The van der Waals surface area contributed by atoms with Crippen LogP contribution in [0.1, 0.15) is 42.7 Å². The van der Waals surface area contributed by atoms with Crippen LogP contribution in [0.15, 0.2) is 18.1 Å². The molecule has 11 heavy (non-hydrogen) atoms. The van der Waals surface area contributed by atoms with Crippen LogP contribution in [0.3, 0.4) is 0 Å². The third-order valence-corrected chi connectivity index (χ3v) is 1.10. The highest BCUT2D eigenvalue weighted by Gasteiger charge is 1.99. The molecule has 0 spiro atoms. The van der Waals surface area contributed by atoms with E-state index in [2.05, 4.69) is 0 Å². The SMILES string of the molecule is [2H]c1c([2H])c(C([2H])([2H])C([2H])([2H])[2H])c(N([2H])[2H])c(C([2H])([2H])C([2H])([2H])[2H])c1[2H]. The highest BCUT2D eigenvalue weighted by atomic mass is 14.6. The topological polar surface area (TPSA) is 26.0 Å². The second kappa shape index (κ2) is 3.42. The summed E-state index contributed by atoms with van der Waals surface area (Å²) in [5, 5.41) is 0. The quantitative estimate of drug-likeness (QED) is 0.682. The largest absolute Gasteiger partial charge is 0.398 e. The van der Waals surface area contributed by atoms with Crippen molar-refractivity contribution >= 4 is 5.69 Å². The Hall–Kier alpha value is -0.980. The van der Waals surface area contributed by atoms with Crippen LogP contribution in [0.2, 0.25) is 2.82 Å². The molecule has 0 bridgehead atoms. The van der Waals surface area contributed by atoms with E-state index in [9.17, 15) is 0 Å². The summed E-state index contributed by atoms with van der Waals surface area (Å²) in [7, 11) is 0. The lowest BCUT2D eigenvalue weighted by atomic mass is 10.0. The van der Waals surface area contributed by atoms with Gasteiger partial charge in [-0.25, -0.2) is 0 Å². The van der Waals surface area contributed by atoms with Gasteiger partial charge in [0, 0.05) is 19.4 Å². The van der Waals surface area contributed by atoms with Gasteiger partial charge in [0.25, 0.3) is 0 Å². The third kappa shape index (κ3) is 1.53. The molecule has 1 rings (SSSR count). The van der Waals surface area contributed by atoms with Crippen molar-refractivity contribution in [3.05, 3.63) is 29.3 Å². The molecule has 60 valence electrons. The first-order chi connectivity index (χ1) is 11.3. The van der Waals surface area contributed by atoms with Crippen LogP contribution >= 0.6 is 0 Å². The molecule has 0 saturated carbocycles. The molecule has 0 aliphatic rings. The predicted molar refractivity (Wildman–Crippen MR) is 49.6 cm³/mol. The third-order valence-electron chi connectivity index (χ3n) is 1.10. The predicted octanol–water partition coefficient (Wildman–Crippen LogP) is 2.39. The molecule has 2 N–H and O–H groups in total. The zero-order valence-electron chi connectivity index (χ0n) is 20.4. The maximum atomic E-state index is 7.81. The molecule has 1 aromatic carbocycles. The monoisotopic (exact) mass is 164 g/mol. The maximum absolute atomic E-state index is 7.81. The Morgan fingerprint density at radius 3 is 2.64 bits per heavy atom. The summed E-state index contributed by atoms with van der Waals surface area (Å²) < 4.78 is 113. The summed E-state index contributed by atoms with van der Waals surface area (Å²) in [6, 6.07) is -3.39. The molecule has 0 aliphatic carbocycles. The van der Waals surface area contributed by atoms with Gasteiger partial charge in [0.1, 0.15) is 0 Å². The average Bonchev–Trinajstić information content (AvgIpc) is 2.40. The van der Waals surface area contributed by atoms with Crippen molar-refractivity contribution in [1.82, 2.24) is 0 Å². The van der Waals surface area contributed by atoms with E-state index in [4.69, 9.17) is 20.6 Å². The van der Waals surface area contributed by atoms with E-state index in [1.54, 1.807) is 0 Å². The second-order valence-corrected chi connectivity index (χ2v) is 1.72. The van der Waals surface area contributed by atoms with E-state index in [1.807, 2.05) is 0 Å². The van der Waals surface area contributed by atoms with Gasteiger partial charge in [0.2, 0.25) is 0 Å². The van der Waals surface area contributed by atoms with Gasteiger partial charge < -0.3 is 5.72 Å². The second-order valence-electron chi connectivity index (χ2n) is 1.72. The molecule has 1 aromatic rings. The van der Waals surface area contributed by atoms with Gasteiger partial charge in [-0.3, -0.25) is 0 Å². The Labute approximate surface area is 89.4 Å². The molecular weight excluding hydrogens is 134 g/mol. The minimum Gasteiger partial charge on any atom is -0.398 e. The highest BCUT2D eigenvalue weighted by molar-refractivity contribution is 5.53. The molecule has 0 atom stereocenters. The number of nitrogen functional groups attached to an aromatic ring is 1. The van der Waals surface area contributed by atoms with Gasteiger partial charge in [-0.05, 0) is 23.9 Å². The molecular formula is C10H15N. The Balaban J connectivity index is 4.22. The number of rotatable bonds is 3. The first-order valence-corrected chi connectivity index (χ1v) is 2.72. The number of hydrogen-bond donors (Lipinski definition) is 1. The normalized spacial score (nSPS) is 34.4. The van der Waals surface area contributed by atoms with Gasteiger partial charge in [-0.15, -0.1) is 0 Å². The van der Waals surface area contributed by atoms with E-state index in [0.717, 1.165) is 0 Å². The molecule has 0 aromatic heterocycles. The summed E-state index contributed by atoms with van der Waals surface area (Å²) in [6.07, 6.45) is -6.83. The molecule has 0 amide bonds. The van der Waals surface area contributed by atoms with E-state index < -0.39 is 67.1 Å². The van der Waals surface area contributed by atoms with E-state index in [0.29, 0.717) is 0 Å². The van der Waals surface area contributed by atoms with Gasteiger partial charge in [0.15, 0.2) is 2.82 Å². The van der Waals surface area contributed by atoms with Crippen LogP contribution in [0.25, 0.3) is 0 Å². The van der Waals surface area contributed by atoms with Crippen LogP contribution in [-0.4, -0.2) is 0 Å². The highest BCUT2D eigenvalue weighted by Crippen LogP contribution is 2.17. The Morgan fingerprint density at radius 1 is 1.55 bits per heavy atom. The lowest BCUT2D eigenvalue weighted by Crippen LogP contribution is -1.97. The van der Waals surface area contributed by atoms with Gasteiger partial charge in [0.05, 0.1) is 4.11 Å². The van der Waals surface area contributed by atoms with Gasteiger partial charge >= 0.3 is 0 Å². The van der Waals surface area contributed by atoms with Crippen molar-refractivity contribution in [3.63, 3.8) is 0 Å². The first kappa shape index (κ1) is 1.30. The average molecular weight is 164 g/mol. The van der Waals surface area contributed by atoms with Crippen molar-refractivity contribution in [2.24, 2.45) is 0 Å². The van der Waals surface area contributed by atoms with E-state index >= 15 is 0 Å². The lowest BCUT2D eigenvalue weighted by Gasteiger charge is -2.06.